The molecule has 0 spiro atoms. The molecule has 2 N–H and O–H groups in total. The van der Waals surface area contributed by atoms with E-state index in [2.05, 4.69) is 38.9 Å². The monoisotopic (exact) mass is 329 g/mol. The van der Waals surface area contributed by atoms with Gasteiger partial charge in [-0.25, -0.2) is 0 Å². The zero-order valence-corrected chi connectivity index (χ0v) is 14.9. The van der Waals surface area contributed by atoms with Crippen LogP contribution in [0.25, 0.3) is 0 Å². The van der Waals surface area contributed by atoms with Crippen molar-refractivity contribution in [2.45, 2.75) is 32.5 Å². The van der Waals surface area contributed by atoms with Gasteiger partial charge < -0.3 is 15.4 Å². The molecule has 0 unspecified atom stereocenters. The van der Waals surface area contributed by atoms with Gasteiger partial charge >= 0.3 is 0 Å². The lowest BCUT2D eigenvalue weighted by atomic mass is 10.1. The summed E-state index contributed by atoms with van der Waals surface area (Å²) >= 11 is 0. The van der Waals surface area contributed by atoms with Gasteiger partial charge in [-0.3, -0.25) is 9.67 Å². The number of benzene rings is 1. The van der Waals surface area contributed by atoms with Gasteiger partial charge in [0.25, 0.3) is 0 Å². The van der Waals surface area contributed by atoms with Crippen LogP contribution in [0.4, 0.5) is 0 Å². The van der Waals surface area contributed by atoms with E-state index in [4.69, 9.17) is 4.74 Å². The normalized spacial score (nSPS) is 12.2. The van der Waals surface area contributed by atoms with Gasteiger partial charge in [-0.05, 0) is 31.0 Å². The number of ether oxygens (including phenoxy) is 1. The van der Waals surface area contributed by atoms with E-state index in [1.54, 1.807) is 20.4 Å². The molecule has 1 aromatic heterocycles. The first-order chi connectivity index (χ1) is 11.5. The molecule has 0 saturated carbocycles. The van der Waals surface area contributed by atoms with Gasteiger partial charge in [-0.2, -0.15) is 5.10 Å². The van der Waals surface area contributed by atoms with E-state index < -0.39 is 0 Å². The summed E-state index contributed by atoms with van der Waals surface area (Å²) in [5.74, 6) is 0.758. The quantitative estimate of drug-likeness (QED) is 0.603. The Balaban J connectivity index is 1.95. The second-order valence-electron chi connectivity index (χ2n) is 6.22. The molecule has 0 radical (unpaired) electrons. The van der Waals surface area contributed by atoms with Crippen LogP contribution in [0.1, 0.15) is 25.0 Å². The summed E-state index contributed by atoms with van der Waals surface area (Å²) < 4.78 is 7.34. The van der Waals surface area contributed by atoms with Crippen molar-refractivity contribution in [3.63, 3.8) is 0 Å². The van der Waals surface area contributed by atoms with E-state index in [-0.39, 0.29) is 5.60 Å². The highest BCUT2D eigenvalue weighted by Gasteiger charge is 2.16. The molecular formula is C18H27N5O. The van der Waals surface area contributed by atoms with E-state index >= 15 is 0 Å². The Morgan fingerprint density at radius 3 is 2.58 bits per heavy atom. The lowest BCUT2D eigenvalue weighted by molar-refractivity contribution is 0.0268. The SMILES string of the molecule is CN=C(NCc1ccccc1Cn1cccn1)NCC(C)(C)OC. The molecule has 0 aliphatic heterocycles. The maximum atomic E-state index is 5.42. The van der Waals surface area contributed by atoms with Crippen molar-refractivity contribution >= 4 is 5.96 Å². The number of nitrogens with one attached hydrogen (secondary N) is 2. The fraction of sp³-hybridized carbons (Fsp3) is 0.444. The first-order valence-electron chi connectivity index (χ1n) is 8.08. The van der Waals surface area contributed by atoms with Crippen molar-refractivity contribution in [3.8, 4) is 0 Å². The van der Waals surface area contributed by atoms with Crippen molar-refractivity contribution in [1.82, 2.24) is 20.4 Å². The second-order valence-corrected chi connectivity index (χ2v) is 6.22. The van der Waals surface area contributed by atoms with Gasteiger partial charge in [0.05, 0.1) is 12.1 Å². The van der Waals surface area contributed by atoms with Crippen molar-refractivity contribution in [2.24, 2.45) is 4.99 Å². The van der Waals surface area contributed by atoms with Gasteiger partial charge in [0.15, 0.2) is 5.96 Å². The summed E-state index contributed by atoms with van der Waals surface area (Å²) in [4.78, 5) is 4.27. The lowest BCUT2D eigenvalue weighted by Gasteiger charge is -2.24. The Morgan fingerprint density at radius 1 is 1.21 bits per heavy atom. The molecule has 6 nitrogen and oxygen atoms in total. The van der Waals surface area contributed by atoms with Crippen LogP contribution in [0.3, 0.4) is 0 Å². The van der Waals surface area contributed by atoms with E-state index in [9.17, 15) is 0 Å². The maximum Gasteiger partial charge on any atom is 0.191 e. The molecule has 2 aromatic rings. The van der Waals surface area contributed by atoms with Gasteiger partial charge in [0, 0.05) is 39.6 Å². The van der Waals surface area contributed by atoms with Crippen molar-refractivity contribution < 1.29 is 4.74 Å². The molecule has 2 rings (SSSR count). The van der Waals surface area contributed by atoms with E-state index in [1.165, 1.54) is 11.1 Å². The Kier molecular flexibility index (Phi) is 6.37. The Hall–Kier alpha value is -2.34. The van der Waals surface area contributed by atoms with Crippen LogP contribution in [0.2, 0.25) is 0 Å². The fourth-order valence-electron chi connectivity index (χ4n) is 2.22. The molecule has 130 valence electrons. The molecule has 1 heterocycles. The van der Waals surface area contributed by atoms with Gasteiger partial charge in [-0.1, -0.05) is 24.3 Å². The van der Waals surface area contributed by atoms with Crippen LogP contribution in [-0.2, 0) is 17.8 Å². The van der Waals surface area contributed by atoms with Crippen LogP contribution in [-0.4, -0.2) is 42.0 Å². The van der Waals surface area contributed by atoms with Crippen LogP contribution >= 0.6 is 0 Å². The minimum atomic E-state index is -0.240. The molecule has 0 aliphatic rings. The zero-order valence-electron chi connectivity index (χ0n) is 14.9. The number of rotatable bonds is 7. The first-order valence-corrected chi connectivity index (χ1v) is 8.08. The lowest BCUT2D eigenvalue weighted by Crippen LogP contribution is -2.45. The van der Waals surface area contributed by atoms with Crippen LogP contribution < -0.4 is 10.6 Å². The predicted octanol–water partition coefficient (Wildman–Crippen LogP) is 2.02. The van der Waals surface area contributed by atoms with Crippen LogP contribution in [0.15, 0.2) is 47.7 Å². The van der Waals surface area contributed by atoms with E-state index in [1.807, 2.05) is 36.9 Å². The first kappa shape index (κ1) is 18.0. The number of nitrogens with zero attached hydrogens (tertiary/aromatic N) is 3. The van der Waals surface area contributed by atoms with Crippen molar-refractivity contribution in [3.05, 3.63) is 53.9 Å². The third-order valence-corrected chi connectivity index (χ3v) is 3.91. The number of hydrogen-bond donors (Lipinski definition) is 2. The third kappa shape index (κ3) is 5.38. The van der Waals surface area contributed by atoms with Gasteiger partial charge in [-0.15, -0.1) is 0 Å². The number of aliphatic imine (C=N–C) groups is 1. The maximum absolute atomic E-state index is 5.42. The highest BCUT2D eigenvalue weighted by molar-refractivity contribution is 5.79. The van der Waals surface area contributed by atoms with Crippen molar-refractivity contribution in [1.29, 1.82) is 0 Å². The standard InChI is InChI=1S/C18H27N5O/c1-18(2,24-4)14-21-17(19-3)20-12-15-8-5-6-9-16(15)13-23-11-7-10-22-23/h5-11H,12-14H2,1-4H3,(H2,19,20,21). The average Bonchev–Trinajstić information content (AvgIpc) is 3.09. The molecule has 6 heteroatoms. The molecule has 1 aromatic carbocycles. The predicted molar refractivity (Wildman–Crippen MR) is 97.1 cm³/mol. The largest absolute Gasteiger partial charge is 0.377 e. The number of aromatic nitrogens is 2. The zero-order chi connectivity index (χ0) is 17.4. The number of methoxy groups -OCH3 is 1. The highest BCUT2D eigenvalue weighted by Crippen LogP contribution is 2.10. The smallest absolute Gasteiger partial charge is 0.191 e. The van der Waals surface area contributed by atoms with E-state index in [0.29, 0.717) is 13.1 Å². The molecule has 0 atom stereocenters. The minimum Gasteiger partial charge on any atom is -0.377 e. The number of guanidine groups is 1. The summed E-state index contributed by atoms with van der Waals surface area (Å²) in [6, 6.07) is 10.3. The van der Waals surface area contributed by atoms with E-state index in [0.717, 1.165) is 12.5 Å². The molecule has 0 saturated heterocycles. The summed E-state index contributed by atoms with van der Waals surface area (Å²) in [6.07, 6.45) is 3.77. The van der Waals surface area contributed by atoms with Crippen LogP contribution in [0, 0.1) is 0 Å². The van der Waals surface area contributed by atoms with Gasteiger partial charge in [0.1, 0.15) is 0 Å². The fourth-order valence-corrected chi connectivity index (χ4v) is 2.22. The summed E-state index contributed by atoms with van der Waals surface area (Å²) in [6.45, 7) is 6.20. The third-order valence-electron chi connectivity index (χ3n) is 3.91. The summed E-state index contributed by atoms with van der Waals surface area (Å²) in [5.41, 5.74) is 2.22. The Labute approximate surface area is 143 Å². The topological polar surface area (TPSA) is 63.5 Å². The highest BCUT2D eigenvalue weighted by atomic mass is 16.5. The Bertz CT molecular complexity index is 649. The van der Waals surface area contributed by atoms with Crippen LogP contribution in [0.5, 0.6) is 0 Å². The van der Waals surface area contributed by atoms with Crippen molar-refractivity contribution in [2.75, 3.05) is 20.7 Å². The average molecular weight is 329 g/mol. The molecule has 0 fully saturated rings. The number of hydrogen-bond acceptors (Lipinski definition) is 3. The molecule has 0 aliphatic carbocycles. The summed E-state index contributed by atoms with van der Waals surface area (Å²) in [7, 11) is 3.48. The summed E-state index contributed by atoms with van der Waals surface area (Å²) in [5, 5.41) is 10.9. The van der Waals surface area contributed by atoms with Gasteiger partial charge in [0.2, 0.25) is 0 Å². The molecule has 0 bridgehead atoms. The minimum absolute atomic E-state index is 0.240. The molecular weight excluding hydrogens is 302 g/mol. The second kappa shape index (κ2) is 8.49. The Morgan fingerprint density at radius 2 is 1.96 bits per heavy atom. The molecule has 0 amide bonds. The molecule has 24 heavy (non-hydrogen) atoms.